The molecular weight excluding hydrogens is 370 g/mol. The number of ether oxygens (including phenoxy) is 1. The smallest absolute Gasteiger partial charge is 0.410 e. The van der Waals surface area contributed by atoms with Gasteiger partial charge in [0.2, 0.25) is 0 Å². The van der Waals surface area contributed by atoms with Gasteiger partial charge in [0.05, 0.1) is 0 Å². The van der Waals surface area contributed by atoms with Crippen LogP contribution in [0.25, 0.3) is 5.69 Å². The van der Waals surface area contributed by atoms with Gasteiger partial charge in [0.15, 0.2) is 0 Å². The van der Waals surface area contributed by atoms with Crippen LogP contribution < -0.4 is 10.9 Å². The van der Waals surface area contributed by atoms with Gasteiger partial charge in [-0.15, -0.1) is 0 Å². The van der Waals surface area contributed by atoms with E-state index in [1.807, 2.05) is 20.8 Å². The highest BCUT2D eigenvalue weighted by Crippen LogP contribution is 2.16. The highest BCUT2D eigenvalue weighted by Gasteiger charge is 2.28. The Hall–Kier alpha value is -3.09. The maximum Gasteiger partial charge on any atom is 0.410 e. The molecule has 1 aliphatic heterocycles. The summed E-state index contributed by atoms with van der Waals surface area (Å²) in [5, 5.41) is 3.00. The lowest BCUT2D eigenvalue weighted by Crippen LogP contribution is -2.50. The second kappa shape index (κ2) is 8.51. The molecule has 0 spiro atoms. The number of carbonyl (C=O) groups is 2. The van der Waals surface area contributed by atoms with Crippen molar-refractivity contribution in [3.63, 3.8) is 0 Å². The molecule has 2 amide bonds. The number of nitrogens with one attached hydrogen (secondary N) is 1. The fraction of sp³-hybridized carbons (Fsp3) is 0.409. The molecule has 7 heteroatoms. The molecular formula is C22H27N3O4. The molecule has 1 aliphatic rings. The van der Waals surface area contributed by atoms with E-state index in [2.05, 4.69) is 5.32 Å². The molecule has 0 radical (unpaired) electrons. The lowest BCUT2D eigenvalue weighted by Gasteiger charge is -2.34. The average Bonchev–Trinajstić information content (AvgIpc) is 2.67. The lowest BCUT2D eigenvalue weighted by atomic mass is 10.1. The fourth-order valence-electron chi connectivity index (χ4n) is 3.27. The number of piperidine rings is 1. The highest BCUT2D eigenvalue weighted by molar-refractivity contribution is 5.94. The van der Waals surface area contributed by atoms with E-state index in [4.69, 9.17) is 4.74 Å². The number of hydrogen-bond acceptors (Lipinski definition) is 4. The number of nitrogens with zero attached hydrogens (tertiary/aromatic N) is 2. The number of rotatable bonds is 3. The maximum absolute atomic E-state index is 12.6. The molecule has 1 unspecified atom stereocenters. The van der Waals surface area contributed by atoms with Crippen molar-refractivity contribution in [1.82, 2.24) is 14.8 Å². The van der Waals surface area contributed by atoms with Crippen molar-refractivity contribution in [3.8, 4) is 5.69 Å². The minimum absolute atomic E-state index is 0.125. The van der Waals surface area contributed by atoms with Gasteiger partial charge in [0.25, 0.3) is 11.5 Å². The van der Waals surface area contributed by atoms with Gasteiger partial charge in [-0.05, 0) is 63.9 Å². The Labute approximate surface area is 170 Å². The van der Waals surface area contributed by atoms with Crippen LogP contribution >= 0.6 is 0 Å². The van der Waals surface area contributed by atoms with Crippen LogP contribution in [0.2, 0.25) is 0 Å². The van der Waals surface area contributed by atoms with Gasteiger partial charge >= 0.3 is 6.09 Å². The third-order valence-corrected chi connectivity index (χ3v) is 4.64. The molecule has 154 valence electrons. The van der Waals surface area contributed by atoms with Crippen molar-refractivity contribution in [3.05, 3.63) is 64.6 Å². The van der Waals surface area contributed by atoms with E-state index >= 15 is 0 Å². The van der Waals surface area contributed by atoms with Crippen molar-refractivity contribution in [2.24, 2.45) is 0 Å². The molecule has 2 heterocycles. The molecule has 1 aromatic heterocycles. The molecule has 3 rings (SSSR count). The first kappa shape index (κ1) is 20.6. The topological polar surface area (TPSA) is 80.6 Å². The van der Waals surface area contributed by atoms with Crippen LogP contribution in [0.15, 0.2) is 53.5 Å². The molecule has 1 aromatic carbocycles. The van der Waals surface area contributed by atoms with Crippen molar-refractivity contribution in [2.45, 2.75) is 45.3 Å². The third-order valence-electron chi connectivity index (χ3n) is 4.64. The van der Waals surface area contributed by atoms with Crippen LogP contribution in [0.1, 0.15) is 44.0 Å². The summed E-state index contributed by atoms with van der Waals surface area (Å²) in [5.41, 5.74) is 0.526. The number of aromatic nitrogens is 1. The predicted octanol–water partition coefficient (Wildman–Crippen LogP) is 2.97. The number of amides is 2. The summed E-state index contributed by atoms with van der Waals surface area (Å²) >= 11 is 0. The average molecular weight is 397 g/mol. The van der Waals surface area contributed by atoms with Crippen LogP contribution in [0.5, 0.6) is 0 Å². The quantitative estimate of drug-likeness (QED) is 0.863. The summed E-state index contributed by atoms with van der Waals surface area (Å²) in [7, 11) is 0. The molecule has 1 atom stereocenters. The number of likely N-dealkylation sites (tertiary alicyclic amines) is 1. The van der Waals surface area contributed by atoms with Crippen molar-refractivity contribution in [1.29, 1.82) is 0 Å². The van der Waals surface area contributed by atoms with Crippen LogP contribution in [-0.2, 0) is 4.74 Å². The fourth-order valence-corrected chi connectivity index (χ4v) is 3.27. The van der Waals surface area contributed by atoms with E-state index in [-0.39, 0.29) is 23.6 Å². The molecule has 7 nitrogen and oxygen atoms in total. The van der Waals surface area contributed by atoms with Crippen LogP contribution in [-0.4, -0.2) is 46.2 Å². The van der Waals surface area contributed by atoms with Gasteiger partial charge in [-0.1, -0.05) is 6.07 Å². The second-order valence-electron chi connectivity index (χ2n) is 8.19. The molecule has 1 fully saturated rings. The minimum atomic E-state index is -0.546. The van der Waals surface area contributed by atoms with E-state index in [0.717, 1.165) is 12.8 Å². The lowest BCUT2D eigenvalue weighted by molar-refractivity contribution is 0.0185. The minimum Gasteiger partial charge on any atom is -0.444 e. The van der Waals surface area contributed by atoms with Gasteiger partial charge in [-0.2, -0.15) is 0 Å². The summed E-state index contributed by atoms with van der Waals surface area (Å²) in [6, 6.07) is 11.7. The first-order valence-electron chi connectivity index (χ1n) is 9.80. The van der Waals surface area contributed by atoms with Gasteiger partial charge in [-0.25, -0.2) is 4.79 Å². The molecule has 0 bridgehead atoms. The number of benzene rings is 1. The monoisotopic (exact) mass is 397 g/mol. The van der Waals surface area contributed by atoms with Gasteiger partial charge in [-0.3, -0.25) is 14.2 Å². The van der Waals surface area contributed by atoms with Crippen LogP contribution in [0, 0.1) is 0 Å². The van der Waals surface area contributed by atoms with Crippen molar-refractivity contribution < 1.29 is 14.3 Å². The normalized spacial score (nSPS) is 16.9. The van der Waals surface area contributed by atoms with E-state index in [0.29, 0.717) is 24.3 Å². The molecule has 1 saturated heterocycles. The zero-order chi connectivity index (χ0) is 21.0. The Morgan fingerprint density at radius 1 is 1.10 bits per heavy atom. The van der Waals surface area contributed by atoms with Gasteiger partial charge < -0.3 is 15.0 Å². The number of carbonyl (C=O) groups excluding carboxylic acids is 2. The van der Waals surface area contributed by atoms with Gasteiger partial charge in [0, 0.05) is 42.6 Å². The molecule has 1 N–H and O–H groups in total. The Bertz CT molecular complexity index is 928. The summed E-state index contributed by atoms with van der Waals surface area (Å²) in [6.45, 7) is 6.56. The molecule has 29 heavy (non-hydrogen) atoms. The Kier molecular flexibility index (Phi) is 6.06. The first-order chi connectivity index (χ1) is 13.7. The Morgan fingerprint density at radius 2 is 1.83 bits per heavy atom. The third kappa shape index (κ3) is 5.47. The maximum atomic E-state index is 12.6. The van der Waals surface area contributed by atoms with Gasteiger partial charge in [0.1, 0.15) is 5.60 Å². The van der Waals surface area contributed by atoms with E-state index in [1.165, 1.54) is 10.6 Å². The SMILES string of the molecule is CC(C)(C)OC(=O)N1CCCC(NC(=O)c2ccc(-n3ccccc3=O)cc2)C1. The summed E-state index contributed by atoms with van der Waals surface area (Å²) in [6.07, 6.45) is 2.95. The zero-order valence-electron chi connectivity index (χ0n) is 17.1. The highest BCUT2D eigenvalue weighted by atomic mass is 16.6. The Morgan fingerprint density at radius 3 is 2.48 bits per heavy atom. The Balaban J connectivity index is 1.62. The van der Waals surface area contributed by atoms with Crippen LogP contribution in [0.4, 0.5) is 4.79 Å². The largest absolute Gasteiger partial charge is 0.444 e. The summed E-state index contributed by atoms with van der Waals surface area (Å²) in [4.78, 5) is 38.5. The zero-order valence-corrected chi connectivity index (χ0v) is 17.1. The van der Waals surface area contributed by atoms with Crippen LogP contribution in [0.3, 0.4) is 0 Å². The molecule has 2 aromatic rings. The number of pyridine rings is 1. The summed E-state index contributed by atoms with van der Waals surface area (Å²) < 4.78 is 6.94. The first-order valence-corrected chi connectivity index (χ1v) is 9.80. The predicted molar refractivity (Wildman–Crippen MR) is 110 cm³/mol. The summed E-state index contributed by atoms with van der Waals surface area (Å²) in [5.74, 6) is -0.201. The van der Waals surface area contributed by atoms with E-state index < -0.39 is 5.60 Å². The van der Waals surface area contributed by atoms with Crippen molar-refractivity contribution >= 4 is 12.0 Å². The van der Waals surface area contributed by atoms with E-state index in [1.54, 1.807) is 47.5 Å². The molecule has 0 saturated carbocycles. The molecule has 0 aliphatic carbocycles. The van der Waals surface area contributed by atoms with E-state index in [9.17, 15) is 14.4 Å². The number of hydrogen-bond donors (Lipinski definition) is 1. The second-order valence-corrected chi connectivity index (χ2v) is 8.19. The van der Waals surface area contributed by atoms with Crippen molar-refractivity contribution in [2.75, 3.05) is 13.1 Å². The standard InChI is InChI=1S/C22H27N3O4/c1-22(2,3)29-21(28)24-13-6-7-17(15-24)23-20(27)16-9-11-18(12-10-16)25-14-5-4-8-19(25)26/h4-5,8-12,14,17H,6-7,13,15H2,1-3H3,(H,23,27).